The number of hydrogen-bond acceptors (Lipinski definition) is 3. The molecule has 21 heavy (non-hydrogen) atoms. The van der Waals surface area contributed by atoms with E-state index < -0.39 is 12.5 Å². The Hall–Kier alpha value is -2.14. The molecule has 2 rings (SSSR count). The zero-order valence-corrected chi connectivity index (χ0v) is 11.6. The van der Waals surface area contributed by atoms with Crippen molar-refractivity contribution < 1.29 is 23.4 Å². The van der Waals surface area contributed by atoms with E-state index >= 15 is 0 Å². The molecule has 1 N–H and O–H groups in total. The standard InChI is InChI=1S/C16H16F2O3/c1-20-14-7-8-15(12(9-14)10-19)21-11-16(17,18)13-5-3-2-4-6-13/h2-9,19H,10-11H2,1H3. The van der Waals surface area contributed by atoms with E-state index in [-0.39, 0.29) is 17.9 Å². The second-order valence-corrected chi connectivity index (χ2v) is 4.49. The third-order valence-electron chi connectivity index (χ3n) is 3.04. The summed E-state index contributed by atoms with van der Waals surface area (Å²) in [5, 5.41) is 9.26. The number of halogens is 2. The highest BCUT2D eigenvalue weighted by atomic mass is 19.3. The summed E-state index contributed by atoms with van der Waals surface area (Å²) in [5.41, 5.74) is 0.294. The SMILES string of the molecule is COc1ccc(OCC(F)(F)c2ccccc2)c(CO)c1. The summed E-state index contributed by atoms with van der Waals surface area (Å²) < 4.78 is 38.2. The molecule has 0 amide bonds. The molecule has 0 aliphatic carbocycles. The van der Waals surface area contributed by atoms with Gasteiger partial charge in [0.25, 0.3) is 0 Å². The van der Waals surface area contributed by atoms with Gasteiger partial charge in [0.2, 0.25) is 0 Å². The highest BCUT2D eigenvalue weighted by Crippen LogP contribution is 2.30. The summed E-state index contributed by atoms with van der Waals surface area (Å²) in [4.78, 5) is 0. The topological polar surface area (TPSA) is 38.7 Å². The van der Waals surface area contributed by atoms with Gasteiger partial charge in [-0.05, 0) is 18.2 Å². The van der Waals surface area contributed by atoms with Crippen LogP contribution < -0.4 is 9.47 Å². The van der Waals surface area contributed by atoms with E-state index in [1.54, 1.807) is 30.3 Å². The highest BCUT2D eigenvalue weighted by Gasteiger charge is 2.32. The first-order valence-electron chi connectivity index (χ1n) is 6.41. The molecule has 0 aliphatic rings. The molecule has 0 aromatic heterocycles. The molecule has 0 spiro atoms. The molecule has 0 fully saturated rings. The fourth-order valence-corrected chi connectivity index (χ4v) is 1.88. The molecule has 5 heteroatoms. The maximum absolute atomic E-state index is 14.0. The van der Waals surface area contributed by atoms with E-state index in [9.17, 15) is 13.9 Å². The monoisotopic (exact) mass is 294 g/mol. The van der Waals surface area contributed by atoms with Gasteiger partial charge in [0.15, 0.2) is 6.61 Å². The first kappa shape index (κ1) is 15.3. The van der Waals surface area contributed by atoms with Gasteiger partial charge in [-0.15, -0.1) is 0 Å². The van der Waals surface area contributed by atoms with Gasteiger partial charge in [0.1, 0.15) is 11.5 Å². The van der Waals surface area contributed by atoms with E-state index in [0.717, 1.165) is 0 Å². The minimum Gasteiger partial charge on any atom is -0.497 e. The van der Waals surface area contributed by atoms with Crippen molar-refractivity contribution in [3.05, 3.63) is 59.7 Å². The number of aliphatic hydroxyl groups excluding tert-OH is 1. The average molecular weight is 294 g/mol. The van der Waals surface area contributed by atoms with E-state index in [1.807, 2.05) is 0 Å². The van der Waals surface area contributed by atoms with Crippen molar-refractivity contribution in [3.63, 3.8) is 0 Å². The van der Waals surface area contributed by atoms with Crippen molar-refractivity contribution in [2.75, 3.05) is 13.7 Å². The minimum absolute atomic E-state index is 0.107. The number of methoxy groups -OCH3 is 1. The van der Waals surface area contributed by atoms with Crippen LogP contribution in [0.5, 0.6) is 11.5 Å². The lowest BCUT2D eigenvalue weighted by Gasteiger charge is -2.19. The van der Waals surface area contributed by atoms with Crippen molar-refractivity contribution >= 4 is 0 Å². The van der Waals surface area contributed by atoms with Crippen LogP contribution in [0.15, 0.2) is 48.5 Å². The molecule has 0 heterocycles. The molecule has 112 valence electrons. The molecular weight excluding hydrogens is 278 g/mol. The van der Waals surface area contributed by atoms with Gasteiger partial charge >= 0.3 is 5.92 Å². The smallest absolute Gasteiger partial charge is 0.306 e. The third kappa shape index (κ3) is 3.70. The minimum atomic E-state index is -3.10. The summed E-state index contributed by atoms with van der Waals surface area (Å²) in [5.74, 6) is -2.36. The number of ether oxygens (including phenoxy) is 2. The predicted octanol–water partition coefficient (Wildman–Crippen LogP) is 3.36. The highest BCUT2D eigenvalue weighted by molar-refractivity contribution is 5.40. The lowest BCUT2D eigenvalue weighted by atomic mass is 10.1. The Labute approximate surface area is 121 Å². The van der Waals surface area contributed by atoms with E-state index in [0.29, 0.717) is 11.3 Å². The van der Waals surface area contributed by atoms with Crippen LogP contribution in [0.1, 0.15) is 11.1 Å². The normalized spacial score (nSPS) is 11.2. The molecule has 0 bridgehead atoms. The van der Waals surface area contributed by atoms with Crippen LogP contribution in [0.3, 0.4) is 0 Å². The van der Waals surface area contributed by atoms with Gasteiger partial charge in [-0.3, -0.25) is 0 Å². The quantitative estimate of drug-likeness (QED) is 0.888. The first-order chi connectivity index (χ1) is 10.1. The molecule has 0 atom stereocenters. The second kappa shape index (κ2) is 6.54. The van der Waals surface area contributed by atoms with Crippen LogP contribution >= 0.6 is 0 Å². The Morgan fingerprint density at radius 3 is 2.43 bits per heavy atom. The predicted molar refractivity (Wildman–Crippen MR) is 74.7 cm³/mol. The van der Waals surface area contributed by atoms with Crippen LogP contribution in [0, 0.1) is 0 Å². The van der Waals surface area contributed by atoms with Gasteiger partial charge in [-0.25, -0.2) is 0 Å². The van der Waals surface area contributed by atoms with Crippen molar-refractivity contribution in [2.45, 2.75) is 12.5 Å². The fourth-order valence-electron chi connectivity index (χ4n) is 1.88. The maximum atomic E-state index is 14.0. The number of alkyl halides is 2. The molecule has 0 aliphatic heterocycles. The van der Waals surface area contributed by atoms with E-state index in [4.69, 9.17) is 9.47 Å². The van der Waals surface area contributed by atoms with Crippen molar-refractivity contribution in [3.8, 4) is 11.5 Å². The van der Waals surface area contributed by atoms with Crippen LogP contribution in [-0.4, -0.2) is 18.8 Å². The van der Waals surface area contributed by atoms with E-state index in [2.05, 4.69) is 0 Å². The second-order valence-electron chi connectivity index (χ2n) is 4.49. The fraction of sp³-hybridized carbons (Fsp3) is 0.250. The van der Waals surface area contributed by atoms with Crippen LogP contribution in [0.4, 0.5) is 8.78 Å². The number of benzene rings is 2. The molecule has 0 radical (unpaired) electrons. The molecule has 0 saturated heterocycles. The zero-order valence-electron chi connectivity index (χ0n) is 11.6. The van der Waals surface area contributed by atoms with E-state index in [1.165, 1.54) is 25.3 Å². The Balaban J connectivity index is 2.12. The number of aliphatic hydroxyl groups is 1. The maximum Gasteiger partial charge on any atom is 0.306 e. The first-order valence-corrected chi connectivity index (χ1v) is 6.41. The summed E-state index contributed by atoms with van der Waals surface area (Å²) >= 11 is 0. The van der Waals surface area contributed by atoms with Gasteiger partial charge in [0.05, 0.1) is 13.7 Å². The summed E-state index contributed by atoms with van der Waals surface area (Å²) in [6, 6.07) is 12.1. The van der Waals surface area contributed by atoms with Crippen LogP contribution in [-0.2, 0) is 12.5 Å². The third-order valence-corrected chi connectivity index (χ3v) is 3.04. The van der Waals surface area contributed by atoms with Gasteiger partial charge in [-0.2, -0.15) is 8.78 Å². The largest absolute Gasteiger partial charge is 0.497 e. The van der Waals surface area contributed by atoms with Crippen LogP contribution in [0.25, 0.3) is 0 Å². The lowest BCUT2D eigenvalue weighted by molar-refractivity contribution is -0.0471. The Morgan fingerprint density at radius 2 is 1.81 bits per heavy atom. The van der Waals surface area contributed by atoms with Crippen LogP contribution in [0.2, 0.25) is 0 Å². The summed E-state index contributed by atoms with van der Waals surface area (Å²) in [6.07, 6.45) is 0. The summed E-state index contributed by atoms with van der Waals surface area (Å²) in [6.45, 7) is -1.11. The van der Waals surface area contributed by atoms with Crippen molar-refractivity contribution in [2.24, 2.45) is 0 Å². The molecule has 3 nitrogen and oxygen atoms in total. The lowest BCUT2D eigenvalue weighted by Crippen LogP contribution is -2.23. The summed E-state index contributed by atoms with van der Waals surface area (Å²) in [7, 11) is 1.49. The zero-order chi connectivity index (χ0) is 15.3. The number of rotatable bonds is 6. The van der Waals surface area contributed by atoms with Gasteiger partial charge in [-0.1, -0.05) is 30.3 Å². The Morgan fingerprint density at radius 1 is 1.10 bits per heavy atom. The molecule has 2 aromatic carbocycles. The van der Waals surface area contributed by atoms with Gasteiger partial charge in [0, 0.05) is 11.1 Å². The van der Waals surface area contributed by atoms with Crippen molar-refractivity contribution in [1.29, 1.82) is 0 Å². The number of hydrogen-bond donors (Lipinski definition) is 1. The molecular formula is C16H16F2O3. The molecule has 0 unspecified atom stereocenters. The molecule has 2 aromatic rings. The molecule has 0 saturated carbocycles. The van der Waals surface area contributed by atoms with Crippen molar-refractivity contribution in [1.82, 2.24) is 0 Å². The Bertz CT molecular complexity index is 585. The van der Waals surface area contributed by atoms with Gasteiger partial charge < -0.3 is 14.6 Å². The average Bonchev–Trinajstić information content (AvgIpc) is 2.53. The Kier molecular flexibility index (Phi) is 4.75.